The molecule has 0 bridgehead atoms. The molecule has 1 aromatic heterocycles. The first kappa shape index (κ1) is 9.26. The maximum absolute atomic E-state index is 5.76. The first-order valence-electron chi connectivity index (χ1n) is 4.32. The topological polar surface area (TPSA) is 52.0 Å². The lowest BCUT2D eigenvalue weighted by Crippen LogP contribution is -2.21. The van der Waals surface area contributed by atoms with E-state index in [2.05, 4.69) is 11.9 Å². The lowest BCUT2D eigenvalue weighted by atomic mass is 10.2. The van der Waals surface area contributed by atoms with Crippen LogP contribution in [0.3, 0.4) is 0 Å². The summed E-state index contributed by atoms with van der Waals surface area (Å²) in [6.45, 7) is 5.93. The second-order valence-electron chi connectivity index (χ2n) is 3.12. The fourth-order valence-electron chi connectivity index (χ4n) is 0.995. The van der Waals surface area contributed by atoms with Crippen molar-refractivity contribution in [2.45, 2.75) is 39.7 Å². The van der Waals surface area contributed by atoms with Gasteiger partial charge in [-0.05, 0) is 20.3 Å². The van der Waals surface area contributed by atoms with Crippen LogP contribution in [0.2, 0.25) is 0 Å². The van der Waals surface area contributed by atoms with Crippen LogP contribution in [-0.4, -0.2) is 11.0 Å². The van der Waals surface area contributed by atoms with Crippen LogP contribution in [0.25, 0.3) is 0 Å². The summed E-state index contributed by atoms with van der Waals surface area (Å²) in [5.41, 5.74) is 6.73. The van der Waals surface area contributed by atoms with Gasteiger partial charge in [-0.25, -0.2) is 4.98 Å². The van der Waals surface area contributed by atoms with Crippen molar-refractivity contribution < 1.29 is 4.42 Å². The average molecular weight is 168 g/mol. The molecular weight excluding hydrogens is 152 g/mol. The van der Waals surface area contributed by atoms with Crippen molar-refractivity contribution in [1.29, 1.82) is 0 Å². The monoisotopic (exact) mass is 168 g/mol. The fourth-order valence-corrected chi connectivity index (χ4v) is 0.995. The normalized spacial score (nSPS) is 13.3. The Labute approximate surface area is 73.0 Å². The van der Waals surface area contributed by atoms with Crippen LogP contribution in [0, 0.1) is 13.8 Å². The van der Waals surface area contributed by atoms with E-state index in [-0.39, 0.29) is 6.04 Å². The van der Waals surface area contributed by atoms with E-state index in [4.69, 9.17) is 10.2 Å². The number of hydrogen-bond acceptors (Lipinski definition) is 3. The molecule has 0 radical (unpaired) electrons. The van der Waals surface area contributed by atoms with Crippen LogP contribution in [0.4, 0.5) is 0 Å². The van der Waals surface area contributed by atoms with Crippen molar-refractivity contribution in [3.8, 4) is 0 Å². The van der Waals surface area contributed by atoms with Gasteiger partial charge in [-0.15, -0.1) is 0 Å². The van der Waals surface area contributed by atoms with Gasteiger partial charge in [0, 0.05) is 12.5 Å². The molecule has 3 heteroatoms. The highest BCUT2D eigenvalue weighted by molar-refractivity contribution is 5.05. The van der Waals surface area contributed by atoms with Gasteiger partial charge in [0.1, 0.15) is 5.76 Å². The first-order valence-corrected chi connectivity index (χ1v) is 4.32. The number of hydrogen-bond donors (Lipinski definition) is 1. The summed E-state index contributed by atoms with van der Waals surface area (Å²) < 4.78 is 5.40. The standard InChI is InChI=1S/C9H16N2O/c1-4-8(10)5-9-11-6(2)7(3)12-9/h8H,4-5,10H2,1-3H3. The van der Waals surface area contributed by atoms with Gasteiger partial charge in [-0.2, -0.15) is 0 Å². The largest absolute Gasteiger partial charge is 0.446 e. The molecular formula is C9H16N2O. The molecule has 3 nitrogen and oxygen atoms in total. The molecule has 1 rings (SSSR count). The molecule has 68 valence electrons. The molecule has 0 saturated carbocycles. The third kappa shape index (κ3) is 2.08. The molecule has 0 aliphatic carbocycles. The zero-order valence-corrected chi connectivity index (χ0v) is 7.92. The van der Waals surface area contributed by atoms with Crippen molar-refractivity contribution in [2.24, 2.45) is 5.73 Å². The molecule has 0 spiro atoms. The highest BCUT2D eigenvalue weighted by Gasteiger charge is 2.08. The Hall–Kier alpha value is -0.830. The number of nitrogens with two attached hydrogens (primary N) is 1. The molecule has 1 aromatic rings. The maximum Gasteiger partial charge on any atom is 0.196 e. The lowest BCUT2D eigenvalue weighted by molar-refractivity contribution is 0.447. The predicted molar refractivity (Wildman–Crippen MR) is 47.9 cm³/mol. The molecule has 0 aromatic carbocycles. The van der Waals surface area contributed by atoms with Gasteiger partial charge in [-0.3, -0.25) is 0 Å². The third-order valence-electron chi connectivity index (χ3n) is 2.03. The number of aryl methyl sites for hydroxylation is 2. The lowest BCUT2D eigenvalue weighted by Gasteiger charge is -2.03. The zero-order chi connectivity index (χ0) is 9.14. The predicted octanol–water partition coefficient (Wildman–Crippen LogP) is 1.57. The van der Waals surface area contributed by atoms with Gasteiger partial charge in [0.05, 0.1) is 5.69 Å². The number of aromatic nitrogens is 1. The van der Waals surface area contributed by atoms with E-state index >= 15 is 0 Å². The molecule has 0 amide bonds. The average Bonchev–Trinajstić information content (AvgIpc) is 2.31. The highest BCUT2D eigenvalue weighted by Crippen LogP contribution is 2.10. The third-order valence-corrected chi connectivity index (χ3v) is 2.03. The second-order valence-corrected chi connectivity index (χ2v) is 3.12. The Balaban J connectivity index is 2.64. The maximum atomic E-state index is 5.76. The minimum atomic E-state index is 0.169. The van der Waals surface area contributed by atoms with Crippen molar-refractivity contribution in [2.75, 3.05) is 0 Å². The second kappa shape index (κ2) is 3.72. The van der Waals surface area contributed by atoms with E-state index in [1.54, 1.807) is 0 Å². The van der Waals surface area contributed by atoms with E-state index in [0.717, 1.165) is 30.2 Å². The number of rotatable bonds is 3. The Bertz CT molecular complexity index is 236. The van der Waals surface area contributed by atoms with Crippen LogP contribution in [0.15, 0.2) is 4.42 Å². The molecule has 1 heterocycles. The van der Waals surface area contributed by atoms with Gasteiger partial charge < -0.3 is 10.2 Å². The summed E-state index contributed by atoms with van der Waals surface area (Å²) >= 11 is 0. The minimum absolute atomic E-state index is 0.169. The molecule has 0 saturated heterocycles. The molecule has 2 N–H and O–H groups in total. The van der Waals surface area contributed by atoms with Crippen LogP contribution in [0.1, 0.15) is 30.7 Å². The van der Waals surface area contributed by atoms with E-state index in [1.807, 2.05) is 13.8 Å². The molecule has 1 atom stereocenters. The summed E-state index contributed by atoms with van der Waals surface area (Å²) in [7, 11) is 0. The smallest absolute Gasteiger partial charge is 0.196 e. The molecule has 1 unspecified atom stereocenters. The summed E-state index contributed by atoms with van der Waals surface area (Å²) in [6, 6.07) is 0.169. The Morgan fingerprint density at radius 1 is 1.50 bits per heavy atom. The summed E-state index contributed by atoms with van der Waals surface area (Å²) in [4.78, 5) is 4.25. The fraction of sp³-hybridized carbons (Fsp3) is 0.667. The van der Waals surface area contributed by atoms with Gasteiger partial charge in [-0.1, -0.05) is 6.92 Å². The van der Waals surface area contributed by atoms with Crippen LogP contribution >= 0.6 is 0 Å². The number of oxazole rings is 1. The van der Waals surface area contributed by atoms with E-state index < -0.39 is 0 Å². The molecule has 0 aliphatic rings. The quantitative estimate of drug-likeness (QED) is 0.745. The summed E-state index contributed by atoms with van der Waals surface area (Å²) in [6.07, 6.45) is 1.70. The van der Waals surface area contributed by atoms with Crippen LogP contribution < -0.4 is 5.73 Å². The van der Waals surface area contributed by atoms with Crippen molar-refractivity contribution in [3.63, 3.8) is 0 Å². The van der Waals surface area contributed by atoms with Gasteiger partial charge >= 0.3 is 0 Å². The van der Waals surface area contributed by atoms with Gasteiger partial charge in [0.15, 0.2) is 5.89 Å². The number of nitrogens with zero attached hydrogens (tertiary/aromatic N) is 1. The van der Waals surface area contributed by atoms with Crippen molar-refractivity contribution in [3.05, 3.63) is 17.3 Å². The van der Waals surface area contributed by atoms with Gasteiger partial charge in [0.25, 0.3) is 0 Å². The molecule has 12 heavy (non-hydrogen) atoms. The van der Waals surface area contributed by atoms with E-state index in [9.17, 15) is 0 Å². The van der Waals surface area contributed by atoms with Crippen molar-refractivity contribution in [1.82, 2.24) is 4.98 Å². The molecule has 0 aliphatic heterocycles. The van der Waals surface area contributed by atoms with Crippen molar-refractivity contribution >= 4 is 0 Å². The van der Waals surface area contributed by atoms with Gasteiger partial charge in [0.2, 0.25) is 0 Å². The van der Waals surface area contributed by atoms with Crippen LogP contribution in [0.5, 0.6) is 0 Å². The zero-order valence-electron chi connectivity index (χ0n) is 7.92. The summed E-state index contributed by atoms with van der Waals surface area (Å²) in [5.74, 6) is 1.66. The molecule has 0 fully saturated rings. The Kier molecular flexibility index (Phi) is 2.87. The van der Waals surface area contributed by atoms with E-state index in [1.165, 1.54) is 0 Å². The first-order chi connectivity index (χ1) is 5.63. The Morgan fingerprint density at radius 2 is 2.17 bits per heavy atom. The summed E-state index contributed by atoms with van der Waals surface area (Å²) in [5, 5.41) is 0. The SMILES string of the molecule is CCC(N)Cc1nc(C)c(C)o1. The highest BCUT2D eigenvalue weighted by atomic mass is 16.4. The minimum Gasteiger partial charge on any atom is -0.446 e. The van der Waals surface area contributed by atoms with E-state index in [0.29, 0.717) is 0 Å². The van der Waals surface area contributed by atoms with Crippen LogP contribution in [-0.2, 0) is 6.42 Å². The Morgan fingerprint density at radius 3 is 2.58 bits per heavy atom.